The molecule has 0 spiro atoms. The number of aromatic nitrogens is 2. The molecule has 1 N–H and O–H groups in total. The molecule has 10 heteroatoms. The Morgan fingerprint density at radius 2 is 1.71 bits per heavy atom. The van der Waals surface area contributed by atoms with Gasteiger partial charge in [0.2, 0.25) is 15.9 Å². The number of benzene rings is 3. The molecule has 0 saturated carbocycles. The van der Waals surface area contributed by atoms with Crippen LogP contribution in [0.1, 0.15) is 25.3 Å². The molecule has 4 aromatic rings. The molecular formula is C28H28Cl2N4O3S. The van der Waals surface area contributed by atoms with Crippen LogP contribution in [0, 0.1) is 6.92 Å². The maximum Gasteiger partial charge on any atom is 0.245 e. The standard InChI is InChI=1S/C28H28Cl2N4O3S/c1-3-4-16-33(38(36,37)26-17-22(29)12-15-24(26)30)19-28(35)31-27-18-25(21-8-6-5-7-9-21)32-34(27)23-13-10-20(2)11-14-23/h5-15,17-18H,3-4,16,19H2,1-2H3,(H,31,35). The molecule has 1 amide bonds. The molecule has 4 rings (SSSR count). The lowest BCUT2D eigenvalue weighted by atomic mass is 10.1. The summed E-state index contributed by atoms with van der Waals surface area (Å²) in [6.45, 7) is 3.69. The summed E-state index contributed by atoms with van der Waals surface area (Å²) < 4.78 is 29.8. The van der Waals surface area contributed by atoms with E-state index in [0.29, 0.717) is 17.9 Å². The second kappa shape index (κ2) is 12.1. The Balaban J connectivity index is 1.65. The molecule has 0 atom stereocenters. The third kappa shape index (κ3) is 6.45. The minimum atomic E-state index is -4.08. The number of unbranched alkanes of at least 4 members (excludes halogenated alkanes) is 1. The SMILES string of the molecule is CCCCN(CC(=O)Nc1cc(-c2ccccc2)nn1-c1ccc(C)cc1)S(=O)(=O)c1cc(Cl)ccc1Cl. The summed E-state index contributed by atoms with van der Waals surface area (Å²) in [5.74, 6) is -0.0814. The second-order valence-electron chi connectivity index (χ2n) is 8.84. The zero-order valence-electron chi connectivity index (χ0n) is 21.1. The fourth-order valence-corrected chi connectivity index (χ4v) is 6.05. The van der Waals surface area contributed by atoms with Gasteiger partial charge in [-0.3, -0.25) is 4.79 Å². The van der Waals surface area contributed by atoms with Crippen molar-refractivity contribution in [2.45, 2.75) is 31.6 Å². The molecule has 0 aliphatic heterocycles. The van der Waals surface area contributed by atoms with E-state index >= 15 is 0 Å². The molecule has 1 aromatic heterocycles. The molecule has 0 aliphatic rings. The Hall–Kier alpha value is -3.17. The third-order valence-corrected chi connectivity index (χ3v) is 8.48. The predicted molar refractivity (Wildman–Crippen MR) is 152 cm³/mol. The zero-order chi connectivity index (χ0) is 27.3. The highest BCUT2D eigenvalue weighted by molar-refractivity contribution is 7.89. The van der Waals surface area contributed by atoms with E-state index in [0.717, 1.165) is 27.5 Å². The van der Waals surface area contributed by atoms with Gasteiger partial charge in [-0.25, -0.2) is 13.1 Å². The van der Waals surface area contributed by atoms with Gasteiger partial charge in [-0.15, -0.1) is 0 Å². The molecule has 7 nitrogen and oxygen atoms in total. The van der Waals surface area contributed by atoms with Gasteiger partial charge < -0.3 is 5.32 Å². The molecule has 0 aliphatic carbocycles. The summed E-state index contributed by atoms with van der Waals surface area (Å²) in [6, 6.07) is 23.4. The van der Waals surface area contributed by atoms with E-state index in [-0.39, 0.29) is 21.5 Å². The normalized spacial score (nSPS) is 11.6. The first-order valence-electron chi connectivity index (χ1n) is 12.2. The largest absolute Gasteiger partial charge is 0.309 e. The Bertz CT molecular complexity index is 1520. The van der Waals surface area contributed by atoms with Crippen LogP contribution in [-0.4, -0.2) is 41.5 Å². The fraction of sp³-hybridized carbons (Fsp3) is 0.214. The highest BCUT2D eigenvalue weighted by Gasteiger charge is 2.29. The molecule has 0 fully saturated rings. The number of anilines is 1. The van der Waals surface area contributed by atoms with E-state index < -0.39 is 22.5 Å². The lowest BCUT2D eigenvalue weighted by Crippen LogP contribution is -2.39. The summed E-state index contributed by atoms with van der Waals surface area (Å²) in [5.41, 5.74) is 3.40. The quantitative estimate of drug-likeness (QED) is 0.233. The van der Waals surface area contributed by atoms with Crippen molar-refractivity contribution in [3.8, 4) is 16.9 Å². The molecule has 0 bridgehead atoms. The van der Waals surface area contributed by atoms with Crippen molar-refractivity contribution in [1.29, 1.82) is 0 Å². The van der Waals surface area contributed by atoms with Crippen molar-refractivity contribution < 1.29 is 13.2 Å². The van der Waals surface area contributed by atoms with Crippen molar-refractivity contribution in [3.05, 3.63) is 94.5 Å². The van der Waals surface area contributed by atoms with Crippen molar-refractivity contribution in [3.63, 3.8) is 0 Å². The predicted octanol–water partition coefficient (Wildman–Crippen LogP) is 6.58. The molecule has 0 saturated heterocycles. The summed E-state index contributed by atoms with van der Waals surface area (Å²) in [7, 11) is -4.08. The van der Waals surface area contributed by atoms with E-state index in [1.165, 1.54) is 18.2 Å². The number of rotatable bonds is 10. The van der Waals surface area contributed by atoms with Gasteiger partial charge in [0, 0.05) is 23.2 Å². The number of sulfonamides is 1. The molecule has 0 unspecified atom stereocenters. The highest BCUT2D eigenvalue weighted by atomic mass is 35.5. The summed E-state index contributed by atoms with van der Waals surface area (Å²) in [6.07, 6.45) is 1.32. The van der Waals surface area contributed by atoms with Gasteiger partial charge in [0.15, 0.2) is 0 Å². The number of nitrogens with zero attached hydrogens (tertiary/aromatic N) is 3. The first kappa shape index (κ1) is 27.9. The molecule has 0 radical (unpaired) electrons. The number of nitrogens with one attached hydrogen (secondary N) is 1. The van der Waals surface area contributed by atoms with Crippen LogP contribution in [0.15, 0.2) is 83.8 Å². The Morgan fingerprint density at radius 3 is 2.39 bits per heavy atom. The minimum Gasteiger partial charge on any atom is -0.309 e. The topological polar surface area (TPSA) is 84.3 Å². The van der Waals surface area contributed by atoms with E-state index in [4.69, 9.17) is 28.3 Å². The first-order valence-corrected chi connectivity index (χ1v) is 14.4. The molecular weight excluding hydrogens is 543 g/mol. The summed E-state index contributed by atoms with van der Waals surface area (Å²) in [4.78, 5) is 13.1. The Morgan fingerprint density at radius 1 is 1.00 bits per heavy atom. The Kier molecular flexibility index (Phi) is 8.89. The van der Waals surface area contributed by atoms with E-state index in [1.54, 1.807) is 10.7 Å². The van der Waals surface area contributed by atoms with Gasteiger partial charge in [-0.05, 0) is 43.7 Å². The van der Waals surface area contributed by atoms with Crippen LogP contribution in [0.2, 0.25) is 10.0 Å². The smallest absolute Gasteiger partial charge is 0.245 e. The monoisotopic (exact) mass is 570 g/mol. The van der Waals surface area contributed by atoms with Crippen LogP contribution in [0.3, 0.4) is 0 Å². The van der Waals surface area contributed by atoms with Gasteiger partial charge in [0.1, 0.15) is 10.7 Å². The number of aryl methyl sites for hydroxylation is 1. The van der Waals surface area contributed by atoms with Crippen molar-refractivity contribution in [2.75, 3.05) is 18.4 Å². The Labute approximate surface area is 233 Å². The van der Waals surface area contributed by atoms with Crippen molar-refractivity contribution >= 4 is 45.0 Å². The van der Waals surface area contributed by atoms with Crippen LogP contribution in [0.25, 0.3) is 16.9 Å². The van der Waals surface area contributed by atoms with E-state index in [2.05, 4.69) is 5.32 Å². The molecule has 38 heavy (non-hydrogen) atoms. The number of carbonyl (C=O) groups excluding carboxylic acids is 1. The fourth-order valence-electron chi connectivity index (χ4n) is 3.88. The average molecular weight is 572 g/mol. The van der Waals surface area contributed by atoms with Crippen molar-refractivity contribution in [1.82, 2.24) is 14.1 Å². The highest BCUT2D eigenvalue weighted by Crippen LogP contribution is 2.29. The number of halogens is 2. The maximum absolute atomic E-state index is 13.5. The molecule has 3 aromatic carbocycles. The average Bonchev–Trinajstić information content (AvgIpc) is 3.32. The summed E-state index contributed by atoms with van der Waals surface area (Å²) >= 11 is 12.3. The van der Waals surface area contributed by atoms with Crippen LogP contribution in [0.5, 0.6) is 0 Å². The van der Waals surface area contributed by atoms with Crippen LogP contribution in [-0.2, 0) is 14.8 Å². The van der Waals surface area contributed by atoms with Gasteiger partial charge >= 0.3 is 0 Å². The van der Waals surface area contributed by atoms with Crippen LogP contribution >= 0.6 is 23.2 Å². The van der Waals surface area contributed by atoms with Crippen LogP contribution in [0.4, 0.5) is 5.82 Å². The van der Waals surface area contributed by atoms with E-state index in [9.17, 15) is 13.2 Å². The first-order chi connectivity index (χ1) is 18.2. The molecule has 1 heterocycles. The second-order valence-corrected chi connectivity index (χ2v) is 11.6. The third-order valence-electron chi connectivity index (χ3n) is 5.92. The minimum absolute atomic E-state index is 0.0428. The number of hydrogen-bond acceptors (Lipinski definition) is 4. The van der Waals surface area contributed by atoms with E-state index in [1.807, 2.05) is 68.4 Å². The summed E-state index contributed by atoms with van der Waals surface area (Å²) in [5, 5.41) is 7.87. The van der Waals surface area contributed by atoms with Gasteiger partial charge in [-0.1, -0.05) is 84.6 Å². The number of amides is 1. The molecule has 198 valence electrons. The lowest BCUT2D eigenvalue weighted by Gasteiger charge is -2.22. The lowest BCUT2D eigenvalue weighted by molar-refractivity contribution is -0.116. The van der Waals surface area contributed by atoms with Crippen molar-refractivity contribution in [2.24, 2.45) is 0 Å². The number of carbonyl (C=O) groups is 1. The maximum atomic E-state index is 13.5. The van der Waals surface area contributed by atoms with Gasteiger partial charge in [0.25, 0.3) is 0 Å². The zero-order valence-corrected chi connectivity index (χ0v) is 23.4. The van der Waals surface area contributed by atoms with Gasteiger partial charge in [0.05, 0.1) is 22.9 Å². The van der Waals surface area contributed by atoms with Crippen LogP contribution < -0.4 is 5.32 Å². The van der Waals surface area contributed by atoms with Gasteiger partial charge in [-0.2, -0.15) is 9.40 Å². The number of hydrogen-bond donors (Lipinski definition) is 1.